The molecule has 4 rings (SSSR count). The Morgan fingerprint density at radius 3 is 2.48 bits per heavy atom. The van der Waals surface area contributed by atoms with Crippen LogP contribution >= 0.6 is 11.8 Å². The fourth-order valence-corrected chi connectivity index (χ4v) is 5.11. The molecule has 0 bridgehead atoms. The second-order valence-corrected chi connectivity index (χ2v) is 9.28. The summed E-state index contributed by atoms with van der Waals surface area (Å²) < 4.78 is 31.3. The average molecular weight is 430 g/mol. The van der Waals surface area contributed by atoms with E-state index in [9.17, 15) is 13.2 Å². The van der Waals surface area contributed by atoms with E-state index in [-0.39, 0.29) is 18.1 Å². The first-order valence-electron chi connectivity index (χ1n) is 9.04. The molecule has 2 aliphatic heterocycles. The summed E-state index contributed by atoms with van der Waals surface area (Å²) in [5.74, 6) is -0.556. The minimum Gasteiger partial charge on any atom is -0.334 e. The van der Waals surface area contributed by atoms with Crippen LogP contribution in [0.15, 0.2) is 75.2 Å². The van der Waals surface area contributed by atoms with E-state index < -0.39 is 10.1 Å². The smallest absolute Gasteiger partial charge is 0.283 e. The van der Waals surface area contributed by atoms with Gasteiger partial charge in [0, 0.05) is 11.4 Å². The molecule has 9 heteroatoms. The number of thioether (sulfide) groups is 1. The van der Waals surface area contributed by atoms with Crippen LogP contribution in [0.5, 0.6) is 0 Å². The second kappa shape index (κ2) is 7.66. The average Bonchev–Trinajstić information content (AvgIpc) is 3.18. The maximum atomic E-state index is 13.2. The first kappa shape index (κ1) is 19.7. The van der Waals surface area contributed by atoms with Gasteiger partial charge in [0.25, 0.3) is 16.0 Å². The molecular formula is C20H19N3O4S2. The number of benzene rings is 2. The highest BCUT2D eigenvalue weighted by Gasteiger charge is 2.37. The molecule has 1 amide bonds. The number of nitrogens with zero attached hydrogens (tertiary/aromatic N) is 3. The number of fused-ring (bicyclic) bond motifs is 1. The van der Waals surface area contributed by atoms with Gasteiger partial charge in [0.1, 0.15) is 0 Å². The summed E-state index contributed by atoms with van der Waals surface area (Å²) >= 11 is 1.47. The molecule has 29 heavy (non-hydrogen) atoms. The molecule has 2 aromatic carbocycles. The lowest BCUT2D eigenvalue weighted by Gasteiger charge is -2.22. The molecule has 0 aliphatic carbocycles. The van der Waals surface area contributed by atoms with Crippen LogP contribution in [0.1, 0.15) is 13.3 Å². The Kier molecular flexibility index (Phi) is 5.20. The van der Waals surface area contributed by atoms with Crippen molar-refractivity contribution in [2.75, 3.05) is 22.2 Å². The van der Waals surface area contributed by atoms with Crippen LogP contribution in [0.3, 0.4) is 0 Å². The van der Waals surface area contributed by atoms with E-state index in [1.165, 1.54) is 16.8 Å². The molecule has 0 aromatic heterocycles. The van der Waals surface area contributed by atoms with Crippen LogP contribution < -0.4 is 9.91 Å². The topological polar surface area (TPSA) is 90.3 Å². The van der Waals surface area contributed by atoms with Crippen LogP contribution in [0.25, 0.3) is 0 Å². The van der Waals surface area contributed by atoms with Crippen molar-refractivity contribution in [3.8, 4) is 0 Å². The number of hydrogen-bond donors (Lipinski definition) is 1. The van der Waals surface area contributed by atoms with Gasteiger partial charge in [-0.1, -0.05) is 42.1 Å². The molecule has 0 spiro atoms. The normalized spacial score (nSPS) is 19.0. The van der Waals surface area contributed by atoms with E-state index in [1.807, 2.05) is 59.5 Å². The number of hydrazone groups is 1. The van der Waals surface area contributed by atoms with E-state index >= 15 is 0 Å². The Balaban J connectivity index is 1.71. The quantitative estimate of drug-likeness (QED) is 0.578. The molecule has 0 atom stereocenters. The molecule has 0 radical (unpaired) electrons. The van der Waals surface area contributed by atoms with Gasteiger partial charge in [-0.05, 0) is 37.6 Å². The van der Waals surface area contributed by atoms with Crippen LogP contribution in [-0.4, -0.2) is 36.9 Å². The van der Waals surface area contributed by atoms with Gasteiger partial charge in [0.2, 0.25) is 0 Å². The van der Waals surface area contributed by atoms with Gasteiger partial charge in [-0.15, -0.1) is 0 Å². The van der Waals surface area contributed by atoms with Gasteiger partial charge in [-0.3, -0.25) is 9.35 Å². The predicted octanol–water partition coefficient (Wildman–Crippen LogP) is 3.51. The Morgan fingerprint density at radius 1 is 1.07 bits per heavy atom. The first-order chi connectivity index (χ1) is 13.8. The minimum atomic E-state index is -4.04. The van der Waals surface area contributed by atoms with E-state index in [0.717, 1.165) is 15.6 Å². The fraction of sp³-hybridized carbons (Fsp3) is 0.200. The van der Waals surface area contributed by atoms with Gasteiger partial charge in [0.05, 0.1) is 33.4 Å². The highest BCUT2D eigenvalue weighted by molar-refractivity contribution is 8.03. The molecule has 0 saturated heterocycles. The lowest BCUT2D eigenvalue weighted by molar-refractivity contribution is -0.114. The minimum absolute atomic E-state index is 0.219. The second-order valence-electron chi connectivity index (χ2n) is 6.68. The van der Waals surface area contributed by atoms with Gasteiger partial charge in [-0.25, -0.2) is 0 Å². The Bertz CT molecular complexity index is 1130. The Labute approximate surface area is 173 Å². The van der Waals surface area contributed by atoms with E-state index in [4.69, 9.17) is 4.55 Å². The summed E-state index contributed by atoms with van der Waals surface area (Å²) in [5, 5.41) is 6.56. The van der Waals surface area contributed by atoms with Gasteiger partial charge >= 0.3 is 0 Å². The van der Waals surface area contributed by atoms with E-state index in [1.54, 1.807) is 6.92 Å². The number of amides is 1. The zero-order valence-electron chi connectivity index (χ0n) is 15.6. The fourth-order valence-electron chi connectivity index (χ4n) is 3.34. The number of hydrogen-bond acceptors (Lipinski definition) is 6. The molecule has 7 nitrogen and oxygen atoms in total. The molecule has 0 unspecified atom stereocenters. The van der Waals surface area contributed by atoms with Crippen molar-refractivity contribution < 1.29 is 17.8 Å². The zero-order valence-corrected chi connectivity index (χ0v) is 17.3. The third-order valence-electron chi connectivity index (χ3n) is 4.62. The number of anilines is 2. The number of carbonyl (C=O) groups excluding carboxylic acids is 1. The number of para-hydroxylation sites is 2. The molecule has 2 aromatic rings. The monoisotopic (exact) mass is 429 g/mol. The summed E-state index contributed by atoms with van der Waals surface area (Å²) in [6.45, 7) is 2.15. The molecular weight excluding hydrogens is 410 g/mol. The SMILES string of the molecule is CC1=NN(c2ccccc2)C(=O)C1=C1Sc2ccccc2N1CCCS(=O)(=O)O. The zero-order chi connectivity index (χ0) is 20.6. The largest absolute Gasteiger partial charge is 0.334 e. The summed E-state index contributed by atoms with van der Waals surface area (Å²) in [6, 6.07) is 16.9. The summed E-state index contributed by atoms with van der Waals surface area (Å²) in [6.07, 6.45) is 0.233. The van der Waals surface area contributed by atoms with Crippen LogP contribution in [0.2, 0.25) is 0 Å². The number of carbonyl (C=O) groups is 1. The molecule has 0 fully saturated rings. The molecule has 1 N–H and O–H groups in total. The lowest BCUT2D eigenvalue weighted by Crippen LogP contribution is -2.27. The van der Waals surface area contributed by atoms with Crippen molar-refractivity contribution in [2.24, 2.45) is 5.10 Å². The van der Waals surface area contributed by atoms with Crippen molar-refractivity contribution in [1.29, 1.82) is 0 Å². The van der Waals surface area contributed by atoms with Crippen molar-refractivity contribution in [3.63, 3.8) is 0 Å². The highest BCUT2D eigenvalue weighted by Crippen LogP contribution is 2.48. The third-order valence-corrected chi connectivity index (χ3v) is 6.61. The molecule has 150 valence electrons. The van der Waals surface area contributed by atoms with Gasteiger partial charge in [-0.2, -0.15) is 18.5 Å². The van der Waals surface area contributed by atoms with Gasteiger partial charge < -0.3 is 4.90 Å². The van der Waals surface area contributed by atoms with Crippen molar-refractivity contribution in [1.82, 2.24) is 0 Å². The Morgan fingerprint density at radius 2 is 1.76 bits per heavy atom. The predicted molar refractivity (Wildman–Crippen MR) is 115 cm³/mol. The van der Waals surface area contributed by atoms with E-state index in [2.05, 4.69) is 5.10 Å². The van der Waals surface area contributed by atoms with Crippen LogP contribution in [-0.2, 0) is 14.9 Å². The lowest BCUT2D eigenvalue weighted by atomic mass is 10.1. The van der Waals surface area contributed by atoms with Gasteiger partial charge in [0.15, 0.2) is 0 Å². The van der Waals surface area contributed by atoms with Crippen molar-refractivity contribution >= 4 is 44.9 Å². The number of rotatable bonds is 5. The Hall–Kier alpha value is -2.62. The molecule has 0 saturated carbocycles. The molecule has 2 heterocycles. The maximum absolute atomic E-state index is 13.2. The molecule has 2 aliphatic rings. The highest BCUT2D eigenvalue weighted by atomic mass is 32.2. The third kappa shape index (κ3) is 3.93. The maximum Gasteiger partial charge on any atom is 0.283 e. The standard InChI is InChI=1S/C20H19N3O4S2/c1-14-18(19(24)23(21-14)15-8-3-2-4-9-15)20-22(12-7-13-29(25,26)27)16-10-5-6-11-17(16)28-20/h2-6,8-11H,7,12-13H2,1H3,(H,25,26,27). The first-order valence-corrected chi connectivity index (χ1v) is 11.5. The summed E-state index contributed by atoms with van der Waals surface area (Å²) in [5.41, 5.74) is 2.70. The van der Waals surface area contributed by atoms with Crippen LogP contribution in [0, 0.1) is 0 Å². The van der Waals surface area contributed by atoms with Crippen LogP contribution in [0.4, 0.5) is 11.4 Å². The van der Waals surface area contributed by atoms with Crippen molar-refractivity contribution in [3.05, 3.63) is 65.2 Å². The van der Waals surface area contributed by atoms with E-state index in [0.29, 0.717) is 23.5 Å². The summed E-state index contributed by atoms with van der Waals surface area (Å²) in [7, 11) is -4.04. The van der Waals surface area contributed by atoms with Crippen molar-refractivity contribution in [2.45, 2.75) is 18.2 Å². The summed E-state index contributed by atoms with van der Waals surface area (Å²) in [4.78, 5) is 16.1.